The Balaban J connectivity index is 1.40. The van der Waals surface area contributed by atoms with Crippen LogP contribution in [0.15, 0.2) is 48.7 Å². The molecule has 3 aromatic rings. The average molecular weight is 422 g/mol. The number of aromatic amines is 1. The third kappa shape index (κ3) is 4.16. The normalized spacial score (nSPS) is 15.8. The molecule has 4 rings (SSSR count). The number of anilines is 1. The lowest BCUT2D eigenvalue weighted by Crippen LogP contribution is -2.34. The number of H-pyrrole nitrogens is 1. The number of hydrogen-bond acceptors (Lipinski definition) is 5. The van der Waals surface area contributed by atoms with Gasteiger partial charge >= 0.3 is 6.03 Å². The summed E-state index contributed by atoms with van der Waals surface area (Å²) in [5.41, 5.74) is 2.28. The van der Waals surface area contributed by atoms with E-state index in [-0.39, 0.29) is 18.9 Å². The largest absolute Gasteiger partial charge is 0.493 e. The van der Waals surface area contributed by atoms with Gasteiger partial charge < -0.3 is 25.1 Å². The van der Waals surface area contributed by atoms with Crippen molar-refractivity contribution in [1.82, 2.24) is 15.2 Å². The molecule has 0 spiro atoms. The smallest absolute Gasteiger partial charge is 0.325 e. The number of hydrogen-bond donors (Lipinski definition) is 3. The molecule has 2 heterocycles. The molecule has 160 valence electrons. The van der Waals surface area contributed by atoms with Gasteiger partial charge in [0.25, 0.3) is 5.91 Å². The van der Waals surface area contributed by atoms with Gasteiger partial charge in [0, 0.05) is 22.8 Å². The van der Waals surface area contributed by atoms with Gasteiger partial charge in [-0.15, -0.1) is 0 Å². The van der Waals surface area contributed by atoms with Crippen molar-refractivity contribution >= 4 is 34.4 Å². The first-order valence-electron chi connectivity index (χ1n) is 9.68. The second kappa shape index (κ2) is 8.39. The van der Waals surface area contributed by atoms with Crippen LogP contribution in [0.2, 0.25) is 0 Å². The van der Waals surface area contributed by atoms with Crippen molar-refractivity contribution in [3.8, 4) is 11.5 Å². The van der Waals surface area contributed by atoms with Gasteiger partial charge in [-0.3, -0.25) is 14.5 Å². The van der Waals surface area contributed by atoms with Crippen LogP contribution in [0.3, 0.4) is 0 Å². The number of rotatable bonds is 7. The number of benzene rings is 2. The Morgan fingerprint density at radius 3 is 2.65 bits per heavy atom. The Hall–Kier alpha value is -4.01. The molecule has 1 aliphatic rings. The zero-order valence-corrected chi connectivity index (χ0v) is 17.1. The van der Waals surface area contributed by atoms with Crippen molar-refractivity contribution in [2.75, 3.05) is 19.5 Å². The van der Waals surface area contributed by atoms with Gasteiger partial charge in [0.1, 0.15) is 6.04 Å². The number of fused-ring (bicyclic) bond motifs is 1. The Labute approximate surface area is 178 Å². The molecule has 0 aliphatic carbocycles. The maximum absolute atomic E-state index is 12.7. The summed E-state index contributed by atoms with van der Waals surface area (Å²) in [5.74, 6) is 0.246. The lowest BCUT2D eigenvalue weighted by atomic mass is 10.1. The van der Waals surface area contributed by atoms with E-state index in [1.807, 2.05) is 24.4 Å². The Morgan fingerprint density at radius 2 is 1.87 bits per heavy atom. The topological polar surface area (TPSA) is 113 Å². The van der Waals surface area contributed by atoms with Crippen LogP contribution in [0.4, 0.5) is 10.5 Å². The van der Waals surface area contributed by atoms with Gasteiger partial charge in [0.2, 0.25) is 5.91 Å². The summed E-state index contributed by atoms with van der Waals surface area (Å²) in [7, 11) is 3.04. The molecule has 0 bridgehead atoms. The van der Waals surface area contributed by atoms with Gasteiger partial charge in [-0.25, -0.2) is 4.79 Å². The molecule has 1 saturated heterocycles. The fourth-order valence-electron chi connectivity index (χ4n) is 3.55. The van der Waals surface area contributed by atoms with Gasteiger partial charge in [0.15, 0.2) is 11.5 Å². The van der Waals surface area contributed by atoms with Crippen molar-refractivity contribution < 1.29 is 23.9 Å². The van der Waals surface area contributed by atoms with E-state index in [4.69, 9.17) is 9.47 Å². The highest BCUT2D eigenvalue weighted by atomic mass is 16.5. The summed E-state index contributed by atoms with van der Waals surface area (Å²) in [6.45, 7) is 0.0628. The summed E-state index contributed by atoms with van der Waals surface area (Å²) >= 11 is 0. The summed E-state index contributed by atoms with van der Waals surface area (Å²) in [6.07, 6.45) is 1.66. The average Bonchev–Trinajstić information content (AvgIpc) is 3.33. The third-order valence-electron chi connectivity index (χ3n) is 5.12. The molecular formula is C22H22N4O5. The number of amides is 4. The number of carbonyl (C=O) groups excluding carboxylic acids is 3. The number of urea groups is 1. The number of imide groups is 1. The van der Waals surface area contributed by atoms with Crippen molar-refractivity contribution in [1.29, 1.82) is 0 Å². The van der Waals surface area contributed by atoms with E-state index in [1.165, 1.54) is 14.2 Å². The van der Waals surface area contributed by atoms with Crippen LogP contribution in [0.25, 0.3) is 10.9 Å². The molecule has 1 aliphatic heterocycles. The van der Waals surface area contributed by atoms with Crippen LogP contribution in [-0.2, 0) is 16.1 Å². The van der Waals surface area contributed by atoms with Crippen molar-refractivity contribution in [2.45, 2.75) is 19.0 Å². The summed E-state index contributed by atoms with van der Waals surface area (Å²) in [6, 6.07) is 11.1. The van der Waals surface area contributed by atoms with E-state index in [0.717, 1.165) is 15.8 Å². The third-order valence-corrected chi connectivity index (χ3v) is 5.12. The Morgan fingerprint density at radius 1 is 1.06 bits per heavy atom. The van der Waals surface area contributed by atoms with Crippen molar-refractivity contribution in [2.24, 2.45) is 0 Å². The maximum atomic E-state index is 12.7. The molecule has 2 aromatic carbocycles. The predicted molar refractivity (Wildman–Crippen MR) is 114 cm³/mol. The summed E-state index contributed by atoms with van der Waals surface area (Å²) < 4.78 is 10.5. The first-order chi connectivity index (χ1) is 15.0. The van der Waals surface area contributed by atoms with Gasteiger partial charge in [0.05, 0.1) is 27.2 Å². The predicted octanol–water partition coefficient (Wildman–Crippen LogP) is 2.63. The monoisotopic (exact) mass is 422 g/mol. The maximum Gasteiger partial charge on any atom is 0.325 e. The van der Waals surface area contributed by atoms with Crippen molar-refractivity contribution in [3.63, 3.8) is 0 Å². The van der Waals surface area contributed by atoms with E-state index in [1.54, 1.807) is 24.3 Å². The number of nitrogens with zero attached hydrogens (tertiary/aromatic N) is 1. The van der Waals surface area contributed by atoms with Gasteiger partial charge in [-0.2, -0.15) is 0 Å². The highest BCUT2D eigenvalue weighted by Crippen LogP contribution is 2.28. The fraction of sp³-hybridized carbons (Fsp3) is 0.227. The molecule has 4 amide bonds. The SMILES string of the molecule is COc1ccc(CN2C(=O)N[C@@H](CC(=O)Nc3ccc4[nH]ccc4c3)C2=O)cc1OC. The Bertz CT molecular complexity index is 1160. The highest BCUT2D eigenvalue weighted by Gasteiger charge is 2.39. The van der Waals surface area contributed by atoms with E-state index < -0.39 is 18.0 Å². The lowest BCUT2D eigenvalue weighted by molar-refractivity contribution is -0.130. The molecule has 0 unspecified atom stereocenters. The number of methoxy groups -OCH3 is 2. The standard InChI is InChI=1S/C22H22N4O5/c1-30-18-6-3-13(9-19(18)31-2)12-26-21(28)17(25-22(26)29)11-20(27)24-15-4-5-16-14(10-15)7-8-23-16/h3-10,17,23H,11-12H2,1-2H3,(H,24,27)(H,25,29)/t17-/m0/s1. The lowest BCUT2D eigenvalue weighted by Gasteiger charge is -2.15. The minimum Gasteiger partial charge on any atom is -0.493 e. The molecule has 1 atom stereocenters. The molecule has 31 heavy (non-hydrogen) atoms. The summed E-state index contributed by atoms with van der Waals surface area (Å²) in [5, 5.41) is 6.32. The molecule has 9 heteroatoms. The molecule has 9 nitrogen and oxygen atoms in total. The second-order valence-electron chi connectivity index (χ2n) is 7.15. The van der Waals surface area contributed by atoms with E-state index in [0.29, 0.717) is 22.7 Å². The van der Waals surface area contributed by atoms with Crippen LogP contribution in [-0.4, -0.2) is 48.0 Å². The molecule has 0 radical (unpaired) electrons. The van der Waals surface area contributed by atoms with E-state index in [9.17, 15) is 14.4 Å². The first kappa shape index (κ1) is 20.3. The number of aromatic nitrogens is 1. The van der Waals surface area contributed by atoms with Crippen LogP contribution in [0, 0.1) is 0 Å². The molecule has 0 saturated carbocycles. The van der Waals surface area contributed by atoms with E-state index >= 15 is 0 Å². The van der Waals surface area contributed by atoms with E-state index in [2.05, 4.69) is 15.6 Å². The second-order valence-corrected chi connectivity index (χ2v) is 7.15. The minimum absolute atomic E-state index is 0.0628. The molecule has 1 aromatic heterocycles. The number of carbonyl (C=O) groups is 3. The van der Waals surface area contributed by atoms with Crippen molar-refractivity contribution in [3.05, 3.63) is 54.2 Å². The minimum atomic E-state index is -0.913. The van der Waals surface area contributed by atoms with Crippen LogP contribution in [0.1, 0.15) is 12.0 Å². The molecule has 3 N–H and O–H groups in total. The van der Waals surface area contributed by atoms with Gasteiger partial charge in [-0.05, 0) is 42.0 Å². The van der Waals surface area contributed by atoms with Crippen LogP contribution in [0.5, 0.6) is 11.5 Å². The van der Waals surface area contributed by atoms with Crippen LogP contribution < -0.4 is 20.1 Å². The quantitative estimate of drug-likeness (QED) is 0.507. The van der Waals surface area contributed by atoms with Gasteiger partial charge in [-0.1, -0.05) is 6.07 Å². The zero-order valence-electron chi connectivity index (χ0n) is 17.1. The van der Waals surface area contributed by atoms with Crippen LogP contribution >= 0.6 is 0 Å². The number of ether oxygens (including phenoxy) is 2. The highest BCUT2D eigenvalue weighted by molar-refractivity contribution is 6.07. The fourth-order valence-corrected chi connectivity index (χ4v) is 3.55. The number of nitrogens with one attached hydrogen (secondary N) is 3. The first-order valence-corrected chi connectivity index (χ1v) is 9.68. The Kier molecular flexibility index (Phi) is 5.48. The molecule has 1 fully saturated rings. The summed E-state index contributed by atoms with van der Waals surface area (Å²) in [4.78, 5) is 41.7. The molecular weight excluding hydrogens is 400 g/mol. The zero-order chi connectivity index (χ0) is 22.0.